The van der Waals surface area contributed by atoms with Gasteiger partial charge in [0.05, 0.1) is 28.4 Å². The van der Waals surface area contributed by atoms with E-state index in [4.69, 9.17) is 9.72 Å². The normalized spacial score (nSPS) is 17.2. The third-order valence-corrected chi connectivity index (χ3v) is 6.80. The molecule has 0 unspecified atom stereocenters. The summed E-state index contributed by atoms with van der Waals surface area (Å²) in [6.07, 6.45) is 2.25. The number of carbonyl (C=O) groups is 1. The van der Waals surface area contributed by atoms with Crippen LogP contribution in [0.1, 0.15) is 36.3 Å². The summed E-state index contributed by atoms with van der Waals surface area (Å²) in [6.45, 7) is 5.59. The average Bonchev–Trinajstić information content (AvgIpc) is 3.20. The third kappa shape index (κ3) is 4.99. The lowest BCUT2D eigenvalue weighted by molar-refractivity contribution is -0.131. The van der Waals surface area contributed by atoms with Gasteiger partial charge in [-0.3, -0.25) is 9.69 Å². The predicted octanol–water partition coefficient (Wildman–Crippen LogP) is 4.53. The molecule has 3 aromatic rings. The number of amides is 1. The maximum absolute atomic E-state index is 12.8. The Labute approximate surface area is 182 Å². The van der Waals surface area contributed by atoms with Crippen molar-refractivity contribution in [3.05, 3.63) is 59.1 Å². The number of aromatic nitrogens is 1. The van der Waals surface area contributed by atoms with E-state index in [2.05, 4.69) is 23.1 Å². The van der Waals surface area contributed by atoms with E-state index < -0.39 is 0 Å². The average molecular weight is 424 g/mol. The summed E-state index contributed by atoms with van der Waals surface area (Å²) in [5, 5.41) is 1.20. The van der Waals surface area contributed by atoms with E-state index >= 15 is 0 Å². The van der Waals surface area contributed by atoms with Crippen molar-refractivity contribution in [3.8, 4) is 5.75 Å². The lowest BCUT2D eigenvalue weighted by Crippen LogP contribution is -2.42. The Morgan fingerprint density at radius 3 is 2.80 bits per heavy atom. The lowest BCUT2D eigenvalue weighted by Gasteiger charge is -2.32. The number of nitrogens with zero attached hydrogens (tertiary/aromatic N) is 3. The molecule has 0 saturated carbocycles. The second kappa shape index (κ2) is 9.58. The molecule has 2 aromatic carbocycles. The van der Waals surface area contributed by atoms with Crippen molar-refractivity contribution in [1.82, 2.24) is 14.8 Å². The fraction of sp³-hybridized carbons (Fsp3) is 0.417. The second-order valence-electron chi connectivity index (χ2n) is 7.92. The number of thiazole rings is 1. The molecule has 5 nitrogen and oxygen atoms in total. The zero-order valence-electron chi connectivity index (χ0n) is 17.7. The summed E-state index contributed by atoms with van der Waals surface area (Å²) in [7, 11) is 1.88. The van der Waals surface area contributed by atoms with Crippen LogP contribution in [0.25, 0.3) is 10.2 Å². The largest absolute Gasteiger partial charge is 0.494 e. The van der Waals surface area contributed by atoms with Gasteiger partial charge >= 0.3 is 0 Å². The number of hydrogen-bond acceptors (Lipinski definition) is 5. The highest BCUT2D eigenvalue weighted by Gasteiger charge is 2.26. The molecule has 0 aliphatic carbocycles. The quantitative estimate of drug-likeness (QED) is 0.560. The van der Waals surface area contributed by atoms with E-state index in [9.17, 15) is 4.79 Å². The van der Waals surface area contributed by atoms with E-state index in [1.807, 2.05) is 49.2 Å². The highest BCUT2D eigenvalue weighted by atomic mass is 32.1. The van der Waals surface area contributed by atoms with Crippen molar-refractivity contribution < 1.29 is 9.53 Å². The number of piperidine rings is 1. The van der Waals surface area contributed by atoms with E-state index in [1.165, 1.54) is 9.71 Å². The molecule has 1 atom stereocenters. The molecule has 1 saturated heterocycles. The fourth-order valence-electron chi connectivity index (χ4n) is 4.00. The monoisotopic (exact) mass is 423 g/mol. The van der Waals surface area contributed by atoms with Crippen LogP contribution in [0.2, 0.25) is 0 Å². The number of rotatable bonds is 7. The number of carbonyl (C=O) groups excluding carboxylic acids is 1. The van der Waals surface area contributed by atoms with Crippen molar-refractivity contribution in [2.75, 3.05) is 33.3 Å². The summed E-state index contributed by atoms with van der Waals surface area (Å²) < 4.78 is 6.73. The van der Waals surface area contributed by atoms with Crippen molar-refractivity contribution >= 4 is 27.5 Å². The SMILES string of the molecule is CCOc1ccc(CN(C)C(=O)CN2CCC[C@H](c3nc4ccccc4s3)C2)cc1. The van der Waals surface area contributed by atoms with Crippen molar-refractivity contribution in [3.63, 3.8) is 0 Å². The summed E-state index contributed by atoms with van der Waals surface area (Å²) >= 11 is 1.79. The summed E-state index contributed by atoms with van der Waals surface area (Å²) in [4.78, 5) is 21.8. The zero-order chi connectivity index (χ0) is 20.9. The van der Waals surface area contributed by atoms with Gasteiger partial charge in [0.25, 0.3) is 0 Å². The molecular weight excluding hydrogens is 394 g/mol. The first-order valence-corrected chi connectivity index (χ1v) is 11.5. The highest BCUT2D eigenvalue weighted by molar-refractivity contribution is 7.18. The summed E-state index contributed by atoms with van der Waals surface area (Å²) in [5.74, 6) is 1.44. The maximum atomic E-state index is 12.8. The number of likely N-dealkylation sites (N-methyl/N-ethyl adjacent to an activating group) is 1. The van der Waals surface area contributed by atoms with Gasteiger partial charge in [-0.1, -0.05) is 24.3 Å². The number of likely N-dealkylation sites (tertiary alicyclic amines) is 1. The van der Waals surface area contributed by atoms with Gasteiger partial charge in [0, 0.05) is 26.1 Å². The first-order chi connectivity index (χ1) is 14.6. The molecule has 0 radical (unpaired) electrons. The minimum Gasteiger partial charge on any atom is -0.494 e. The number of hydrogen-bond donors (Lipinski definition) is 0. The van der Waals surface area contributed by atoms with Gasteiger partial charge in [0.2, 0.25) is 5.91 Å². The molecule has 30 heavy (non-hydrogen) atoms. The topological polar surface area (TPSA) is 45.7 Å². The summed E-state index contributed by atoms with van der Waals surface area (Å²) in [6, 6.07) is 16.3. The molecule has 1 aromatic heterocycles. The smallest absolute Gasteiger partial charge is 0.236 e. The maximum Gasteiger partial charge on any atom is 0.236 e. The number of para-hydroxylation sites is 1. The molecule has 0 bridgehead atoms. The minimum absolute atomic E-state index is 0.161. The molecule has 1 fully saturated rings. The van der Waals surface area contributed by atoms with Gasteiger partial charge in [-0.15, -0.1) is 11.3 Å². The Morgan fingerprint density at radius 2 is 2.03 bits per heavy atom. The van der Waals surface area contributed by atoms with Crippen molar-refractivity contribution in [2.24, 2.45) is 0 Å². The van der Waals surface area contributed by atoms with E-state index in [1.54, 1.807) is 11.3 Å². The van der Waals surface area contributed by atoms with Crippen LogP contribution < -0.4 is 4.74 Å². The van der Waals surface area contributed by atoms with Crippen LogP contribution >= 0.6 is 11.3 Å². The van der Waals surface area contributed by atoms with Gasteiger partial charge in [0.15, 0.2) is 0 Å². The highest BCUT2D eigenvalue weighted by Crippen LogP contribution is 2.32. The molecule has 1 amide bonds. The fourth-order valence-corrected chi connectivity index (χ4v) is 5.09. The van der Waals surface area contributed by atoms with Crippen LogP contribution in [0.5, 0.6) is 5.75 Å². The number of ether oxygens (including phenoxy) is 1. The Kier molecular flexibility index (Phi) is 6.65. The molecule has 0 spiro atoms. The second-order valence-corrected chi connectivity index (χ2v) is 8.98. The molecule has 0 N–H and O–H groups in total. The molecule has 4 rings (SSSR count). The van der Waals surface area contributed by atoms with E-state index in [0.29, 0.717) is 25.6 Å². The Morgan fingerprint density at radius 1 is 1.23 bits per heavy atom. The van der Waals surface area contributed by atoms with Crippen LogP contribution in [0.15, 0.2) is 48.5 Å². The Bertz CT molecular complexity index is 953. The van der Waals surface area contributed by atoms with Gasteiger partial charge in [-0.25, -0.2) is 4.98 Å². The predicted molar refractivity (Wildman–Crippen MR) is 122 cm³/mol. The van der Waals surface area contributed by atoms with Crippen molar-refractivity contribution in [2.45, 2.75) is 32.2 Å². The Balaban J connectivity index is 1.33. The van der Waals surface area contributed by atoms with Crippen LogP contribution in [-0.4, -0.2) is 54.0 Å². The zero-order valence-corrected chi connectivity index (χ0v) is 18.5. The number of benzene rings is 2. The molecule has 1 aliphatic heterocycles. The minimum atomic E-state index is 0.161. The first kappa shape index (κ1) is 20.8. The van der Waals surface area contributed by atoms with Crippen LogP contribution in [0.3, 0.4) is 0 Å². The van der Waals surface area contributed by atoms with Gasteiger partial charge in [-0.05, 0) is 56.1 Å². The molecular formula is C24H29N3O2S. The standard InChI is InChI=1S/C24H29N3O2S/c1-3-29-20-12-10-18(11-13-20)15-26(2)23(28)17-27-14-6-7-19(16-27)24-25-21-8-4-5-9-22(21)30-24/h4-5,8-13,19H,3,6-7,14-17H2,1-2H3/t19-/m0/s1. The first-order valence-electron chi connectivity index (χ1n) is 10.7. The molecule has 6 heteroatoms. The van der Waals surface area contributed by atoms with Gasteiger partial charge < -0.3 is 9.64 Å². The van der Waals surface area contributed by atoms with Gasteiger partial charge in [0.1, 0.15) is 5.75 Å². The van der Waals surface area contributed by atoms with E-state index in [-0.39, 0.29) is 5.91 Å². The number of fused-ring (bicyclic) bond motifs is 1. The third-order valence-electron chi connectivity index (χ3n) is 5.60. The van der Waals surface area contributed by atoms with Gasteiger partial charge in [-0.2, -0.15) is 0 Å². The molecule has 158 valence electrons. The molecule has 2 heterocycles. The summed E-state index contributed by atoms with van der Waals surface area (Å²) in [5.41, 5.74) is 2.20. The lowest BCUT2D eigenvalue weighted by atomic mass is 9.98. The van der Waals surface area contributed by atoms with Crippen LogP contribution in [0.4, 0.5) is 0 Å². The van der Waals surface area contributed by atoms with Crippen LogP contribution in [-0.2, 0) is 11.3 Å². The van der Waals surface area contributed by atoms with Crippen LogP contribution in [0, 0.1) is 0 Å². The van der Waals surface area contributed by atoms with E-state index in [0.717, 1.165) is 42.8 Å². The molecule has 1 aliphatic rings. The van der Waals surface area contributed by atoms with Crippen molar-refractivity contribution in [1.29, 1.82) is 0 Å². The Hall–Kier alpha value is -2.44.